The molecule has 1 aliphatic heterocycles. The zero-order valence-electron chi connectivity index (χ0n) is 37.1. The number of aliphatic hydroxyl groups is 1. The Balaban J connectivity index is 3.41. The van der Waals surface area contributed by atoms with Crippen LogP contribution >= 0.6 is 33.4 Å². The molecule has 4 unspecified atom stereocenters. The Bertz CT molecular complexity index is 1390. The fourth-order valence-corrected chi connectivity index (χ4v) is 9.26. The molecule has 11 nitrogen and oxygen atoms in total. The Kier molecular flexibility index (Phi) is 20.1. The number of carboxylic acids is 1. The lowest BCUT2D eigenvalue weighted by Crippen LogP contribution is -2.56. The number of alkyl halides is 1. The van der Waals surface area contributed by atoms with E-state index >= 15 is 0 Å². The number of esters is 3. The van der Waals surface area contributed by atoms with E-state index in [0.717, 1.165) is 25.7 Å². The lowest BCUT2D eigenvalue weighted by Gasteiger charge is -2.57. The second-order valence-corrected chi connectivity index (χ2v) is 23.3. The Morgan fingerprint density at radius 2 is 1.39 bits per heavy atom. The molecule has 0 radical (unpaired) electrons. The molecule has 13 heteroatoms. The summed E-state index contributed by atoms with van der Waals surface area (Å²) in [5, 5.41) is 19.9. The Labute approximate surface area is 353 Å². The fourth-order valence-electron chi connectivity index (χ4n) is 7.53. The van der Waals surface area contributed by atoms with E-state index in [2.05, 4.69) is 68.0 Å². The summed E-state index contributed by atoms with van der Waals surface area (Å²) in [6, 6.07) is 0. The smallest absolute Gasteiger partial charge is 0.323 e. The van der Waals surface area contributed by atoms with Gasteiger partial charge in [0.25, 0.3) is 0 Å². The van der Waals surface area contributed by atoms with Crippen molar-refractivity contribution in [3.63, 3.8) is 0 Å². The summed E-state index contributed by atoms with van der Waals surface area (Å²) >= 11 is 3.97. The van der Waals surface area contributed by atoms with Gasteiger partial charge < -0.3 is 29.3 Å². The third kappa shape index (κ3) is 14.2. The average Bonchev–Trinajstić information content (AvgIpc) is 3.82. The molecule has 2 N–H and O–H groups in total. The number of halogens is 1. The fraction of sp³-hybridized carbons (Fsp3) is 0.860. The van der Waals surface area contributed by atoms with Gasteiger partial charge in [0, 0.05) is 25.3 Å². The topological polar surface area (TPSA) is 157 Å². The minimum atomic E-state index is -1.20. The van der Waals surface area contributed by atoms with Crippen molar-refractivity contribution in [3.05, 3.63) is 0 Å². The molecule has 0 spiro atoms. The molecule has 0 fully saturated rings. The maximum absolute atomic E-state index is 14.6. The highest BCUT2D eigenvalue weighted by Crippen LogP contribution is 2.62. The van der Waals surface area contributed by atoms with Crippen molar-refractivity contribution in [2.75, 3.05) is 38.7 Å². The minimum absolute atomic E-state index is 0.00249. The van der Waals surface area contributed by atoms with Crippen LogP contribution in [0.4, 0.5) is 0 Å². The molecule has 1 amide bonds. The number of carboxylic acid groups (broad SMARTS) is 1. The molecule has 0 aliphatic carbocycles. The molecule has 0 bridgehead atoms. The first kappa shape index (κ1) is 52.3. The van der Waals surface area contributed by atoms with Crippen molar-refractivity contribution in [2.24, 2.45) is 38.4 Å². The van der Waals surface area contributed by atoms with Crippen LogP contribution < -0.4 is 0 Å². The average molecular weight is 926 g/mol. The van der Waals surface area contributed by atoms with Gasteiger partial charge >= 0.3 is 23.9 Å². The number of rotatable bonds is 26. The lowest BCUT2D eigenvalue weighted by molar-refractivity contribution is -0.185. The van der Waals surface area contributed by atoms with Crippen molar-refractivity contribution in [3.8, 4) is 0 Å². The highest BCUT2D eigenvalue weighted by atomic mass is 127. The van der Waals surface area contributed by atoms with Gasteiger partial charge in [-0.25, -0.2) is 0 Å². The van der Waals surface area contributed by atoms with Crippen LogP contribution in [0.25, 0.3) is 0 Å². The molecular weight excluding hydrogens is 849 g/mol. The molecule has 0 aromatic rings. The summed E-state index contributed by atoms with van der Waals surface area (Å²) in [5.74, 6) is -2.00. The number of carbonyl (C=O) groups is 5. The number of hydrogen-bond donors (Lipinski definition) is 3. The summed E-state index contributed by atoms with van der Waals surface area (Å²) in [6.07, 6.45) is 3.54. The second-order valence-electron chi connectivity index (χ2n) is 19.2. The summed E-state index contributed by atoms with van der Waals surface area (Å²) in [6.45, 7) is 28.6. The van der Waals surface area contributed by atoms with Crippen LogP contribution in [0.3, 0.4) is 0 Å². The quantitative estimate of drug-likeness (QED) is 0.0193. The summed E-state index contributed by atoms with van der Waals surface area (Å²) in [5.41, 5.74) is -4.40. The second kappa shape index (κ2) is 21.5. The van der Waals surface area contributed by atoms with Crippen LogP contribution in [0.15, 0.2) is 0 Å². The standard InChI is InChI=1S/C43H76INO10S/c1-15-16-17-18-29(2)39(7,8)27-43(14,37(52)54-23-22-53-35(50)34-30(3)44-34)41(11,12)40(9,10)28-42(13,38(4,5)6)36(51)55-26-31(46)25-45(21-24-56)32(47)19-20-33(48)49/h29,31,34,46,56H,15-28H2,1-14H3,(H,48,49)/t29?,31?,34-,42?,43?/m0/s1. The van der Waals surface area contributed by atoms with Crippen molar-refractivity contribution in [1.82, 2.24) is 4.90 Å². The van der Waals surface area contributed by atoms with Gasteiger partial charge in [-0.1, -0.05) is 102 Å². The van der Waals surface area contributed by atoms with Gasteiger partial charge in [0.05, 0.1) is 17.3 Å². The maximum Gasteiger partial charge on any atom is 0.323 e. The molecule has 56 heavy (non-hydrogen) atoms. The van der Waals surface area contributed by atoms with E-state index in [1.807, 2.05) is 41.5 Å². The predicted molar refractivity (Wildman–Crippen MR) is 234 cm³/mol. The minimum Gasteiger partial charge on any atom is -0.481 e. The van der Waals surface area contributed by atoms with E-state index in [9.17, 15) is 29.1 Å². The van der Waals surface area contributed by atoms with Gasteiger partial charge in [0.15, 0.2) is 0 Å². The van der Waals surface area contributed by atoms with Gasteiger partial charge in [-0.2, -0.15) is 12.6 Å². The molecule has 1 heterocycles. The van der Waals surface area contributed by atoms with E-state index in [-0.39, 0.29) is 87.8 Å². The van der Waals surface area contributed by atoms with Gasteiger partial charge in [0.2, 0.25) is 5.91 Å². The number of aliphatic hydroxyl groups excluding tert-OH is 1. The van der Waals surface area contributed by atoms with Crippen molar-refractivity contribution in [1.29, 1.82) is 0 Å². The molecule has 1 aliphatic rings. The van der Waals surface area contributed by atoms with Crippen LogP contribution in [0.1, 0.15) is 148 Å². The van der Waals surface area contributed by atoms with E-state index in [4.69, 9.17) is 19.3 Å². The van der Waals surface area contributed by atoms with Gasteiger partial charge in [-0.05, 0) is 64.7 Å². The zero-order chi connectivity index (χ0) is 43.5. The number of nitrogens with zero attached hydrogens (tertiary/aromatic N) is 1. The first-order valence-corrected chi connectivity index (χ1v) is 23.3. The molecule has 1 rings (SSSR count). The molecule has 5 atom stereocenters. The normalized spacial score (nSPS) is 18.2. The highest BCUT2D eigenvalue weighted by molar-refractivity contribution is 14.2. The molecular formula is C43H76INO10S. The van der Waals surface area contributed by atoms with Crippen LogP contribution in [0.2, 0.25) is 0 Å². The van der Waals surface area contributed by atoms with Crippen LogP contribution in [0.5, 0.6) is 0 Å². The van der Waals surface area contributed by atoms with Crippen LogP contribution in [-0.2, 0) is 38.2 Å². The Morgan fingerprint density at radius 3 is 1.89 bits per heavy atom. The monoisotopic (exact) mass is 925 g/mol. The molecule has 0 aromatic carbocycles. The Hall–Kier alpha value is -1.74. The summed E-state index contributed by atoms with van der Waals surface area (Å²) < 4.78 is 18.5. The summed E-state index contributed by atoms with van der Waals surface area (Å²) in [7, 11) is 0. The lowest BCUT2D eigenvalue weighted by atomic mass is 9.46. The number of amides is 1. The van der Waals surface area contributed by atoms with Crippen molar-refractivity contribution >= 4 is 66.7 Å². The molecule has 0 saturated carbocycles. The molecule has 326 valence electrons. The molecule has 0 aromatic heterocycles. The number of hydrogen-bond acceptors (Lipinski definition) is 10. The number of aliphatic carboxylic acids is 1. The van der Waals surface area contributed by atoms with Gasteiger partial charge in [-0.3, -0.25) is 24.0 Å². The van der Waals surface area contributed by atoms with E-state index in [1.54, 1.807) is 0 Å². The van der Waals surface area contributed by atoms with E-state index in [1.165, 1.54) is 8.41 Å². The SMILES string of the molecule is CCCCCC(C)C(C)(C)CC(C)(C(=O)OCCOC(=O)[C@H]1I=C1C)C(C)(C)C(C)(C)CC(C)(C(=O)OCC(O)CN(CCS)C(=O)CCC(=O)O)C(C)(C)C. The number of unbranched alkanes of at least 4 members (excludes halogenated alkanes) is 2. The van der Waals surface area contributed by atoms with Gasteiger partial charge in [-0.15, -0.1) is 20.7 Å². The van der Waals surface area contributed by atoms with Crippen molar-refractivity contribution < 1.29 is 48.4 Å². The first-order valence-electron chi connectivity index (χ1n) is 20.3. The summed E-state index contributed by atoms with van der Waals surface area (Å²) in [4.78, 5) is 66.2. The Morgan fingerprint density at radius 1 is 0.839 bits per heavy atom. The van der Waals surface area contributed by atoms with Gasteiger partial charge in [0.1, 0.15) is 29.8 Å². The zero-order valence-corrected chi connectivity index (χ0v) is 40.1. The van der Waals surface area contributed by atoms with Crippen LogP contribution in [-0.4, -0.2) is 97.1 Å². The largest absolute Gasteiger partial charge is 0.481 e. The number of thiol groups is 1. The van der Waals surface area contributed by atoms with Crippen LogP contribution in [0, 0.1) is 38.4 Å². The first-order chi connectivity index (χ1) is 25.5. The third-order valence-corrected chi connectivity index (χ3v) is 16.5. The van der Waals surface area contributed by atoms with Crippen molar-refractivity contribution in [2.45, 2.75) is 158 Å². The third-order valence-electron chi connectivity index (χ3n) is 13.3. The predicted octanol–water partition coefficient (Wildman–Crippen LogP) is 8.28. The number of carbonyl (C=O) groups excluding carboxylic acids is 4. The maximum atomic E-state index is 14.6. The van der Waals surface area contributed by atoms with E-state index in [0.29, 0.717) is 24.5 Å². The van der Waals surface area contributed by atoms with E-state index < -0.39 is 51.0 Å². The highest BCUT2D eigenvalue weighted by Gasteiger charge is 2.60. The molecule has 0 saturated heterocycles. The number of ether oxygens (including phenoxy) is 3.